The van der Waals surface area contributed by atoms with Crippen molar-refractivity contribution in [3.05, 3.63) is 89.5 Å². The zero-order valence-electron chi connectivity index (χ0n) is 26.5. The van der Waals surface area contributed by atoms with Crippen LogP contribution in [0.5, 0.6) is 17.2 Å². The highest BCUT2D eigenvalue weighted by Crippen LogP contribution is 2.45. The minimum atomic E-state index is -4.54. The van der Waals surface area contributed by atoms with E-state index in [1.807, 2.05) is 0 Å². The van der Waals surface area contributed by atoms with E-state index in [0.29, 0.717) is 36.5 Å². The second-order valence-electron chi connectivity index (χ2n) is 13.3. The van der Waals surface area contributed by atoms with Gasteiger partial charge >= 0.3 is 18.5 Å². The molecule has 0 aromatic heterocycles. The third kappa shape index (κ3) is 7.04. The maximum Gasteiger partial charge on any atom is 0.426 e. The first kappa shape index (κ1) is 35.6. The number of ether oxygens (including phenoxy) is 3. The summed E-state index contributed by atoms with van der Waals surface area (Å²) in [6, 6.07) is 16.8. The Labute approximate surface area is 285 Å². The average molecular weight is 733 g/mol. The Balaban J connectivity index is 0.986. The Morgan fingerprint density at radius 3 is 0.804 bits per heavy atom. The molecule has 51 heavy (non-hydrogen) atoms. The van der Waals surface area contributed by atoms with Gasteiger partial charge in [0.15, 0.2) is 0 Å². The number of hydrazine groups is 3. The van der Waals surface area contributed by atoms with E-state index in [-0.39, 0.29) is 54.3 Å². The average Bonchev–Trinajstić information content (AvgIpc) is 3.94. The fourth-order valence-corrected chi connectivity index (χ4v) is 6.69. The molecule has 7 rings (SSSR count). The second kappa shape index (κ2) is 12.7. The van der Waals surface area contributed by atoms with Crippen LogP contribution in [0.1, 0.15) is 36.0 Å². The van der Waals surface area contributed by atoms with E-state index in [0.717, 1.165) is 0 Å². The molecule has 3 heterocycles. The zero-order chi connectivity index (χ0) is 36.3. The van der Waals surface area contributed by atoms with Crippen LogP contribution in [0.15, 0.2) is 72.8 Å². The molecule has 6 N–H and O–H groups in total. The van der Waals surface area contributed by atoms with Gasteiger partial charge in [0.1, 0.15) is 17.2 Å². The molecule has 1 saturated carbocycles. The molecule has 3 saturated heterocycles. The Bertz CT molecular complexity index is 1470. The topological polar surface area (TPSA) is 159 Å². The lowest BCUT2D eigenvalue weighted by atomic mass is 9.76. The number of rotatable bonds is 12. The summed E-state index contributed by atoms with van der Waals surface area (Å²) in [5.74, 6) is 1.10. The smallest absolute Gasteiger partial charge is 0.426 e. The highest BCUT2D eigenvalue weighted by Gasteiger charge is 2.66. The molecule has 0 radical (unpaired) electrons. The van der Waals surface area contributed by atoms with E-state index in [1.54, 1.807) is 0 Å². The highest BCUT2D eigenvalue weighted by atomic mass is 19.4. The van der Waals surface area contributed by atoms with Gasteiger partial charge in [0.05, 0.1) is 19.8 Å². The third-order valence-electron chi connectivity index (χ3n) is 9.72. The predicted octanol–water partition coefficient (Wildman–Crippen LogP) is 5.72. The Morgan fingerprint density at radius 2 is 0.627 bits per heavy atom. The number of benzene rings is 3. The quantitative estimate of drug-likeness (QED) is 0.101. The van der Waals surface area contributed by atoms with Crippen LogP contribution in [0.25, 0.3) is 0 Å². The molecule has 0 amide bonds. The van der Waals surface area contributed by atoms with Crippen LogP contribution in [0.4, 0.5) is 39.5 Å². The lowest BCUT2D eigenvalue weighted by Crippen LogP contribution is -2.34. The van der Waals surface area contributed by atoms with Crippen molar-refractivity contribution in [1.82, 2.24) is 32.6 Å². The molecule has 276 valence electrons. The third-order valence-corrected chi connectivity index (χ3v) is 9.72. The van der Waals surface area contributed by atoms with E-state index in [2.05, 4.69) is 32.6 Å². The number of hydrogen-bond donors (Lipinski definition) is 6. The Hall–Kier alpha value is -3.81. The lowest BCUT2D eigenvalue weighted by Gasteiger charge is -2.34. The van der Waals surface area contributed by atoms with Crippen molar-refractivity contribution >= 4 is 0 Å². The fourth-order valence-electron chi connectivity index (χ4n) is 6.69. The minimum Gasteiger partial charge on any atom is -0.493 e. The summed E-state index contributed by atoms with van der Waals surface area (Å²) in [5.41, 5.74) is 6.08. The molecule has 1 aliphatic carbocycles. The maximum absolute atomic E-state index is 13.4. The molecule has 4 aliphatic rings. The molecule has 3 aliphatic heterocycles. The van der Waals surface area contributed by atoms with Crippen molar-refractivity contribution in [2.24, 2.45) is 17.8 Å². The molecule has 3 aromatic rings. The molecule has 9 nitrogen and oxygen atoms in total. The molecule has 3 aromatic carbocycles. The van der Waals surface area contributed by atoms with Gasteiger partial charge in [-0.3, -0.25) is 0 Å². The molecule has 18 heteroatoms. The monoisotopic (exact) mass is 732 g/mol. The molecule has 4 fully saturated rings. The molecule has 0 atom stereocenters. The predicted molar refractivity (Wildman–Crippen MR) is 162 cm³/mol. The number of halogens is 9. The van der Waals surface area contributed by atoms with Crippen LogP contribution in [0.3, 0.4) is 0 Å². The van der Waals surface area contributed by atoms with Crippen LogP contribution in [0, 0.1) is 17.8 Å². The van der Waals surface area contributed by atoms with Gasteiger partial charge in [-0.1, -0.05) is 36.4 Å². The highest BCUT2D eigenvalue weighted by molar-refractivity contribution is 5.37. The van der Waals surface area contributed by atoms with Crippen LogP contribution in [-0.2, 0) is 17.0 Å². The molecular formula is C33H33F9N6O3. The second-order valence-corrected chi connectivity index (χ2v) is 13.3. The lowest BCUT2D eigenvalue weighted by molar-refractivity contribution is -0.166. The van der Waals surface area contributed by atoms with Crippen LogP contribution in [0.2, 0.25) is 0 Å². The van der Waals surface area contributed by atoms with E-state index in [4.69, 9.17) is 14.2 Å². The van der Waals surface area contributed by atoms with E-state index in [1.165, 1.54) is 72.8 Å². The van der Waals surface area contributed by atoms with Gasteiger partial charge < -0.3 is 14.2 Å². The molecule has 0 bridgehead atoms. The fraction of sp³-hybridized carbons (Fsp3) is 0.455. The summed E-state index contributed by atoms with van der Waals surface area (Å²) in [5, 5.41) is 0. The molecule has 0 unspecified atom stereocenters. The summed E-state index contributed by atoms with van der Waals surface area (Å²) in [4.78, 5) is 0. The first-order valence-electron chi connectivity index (χ1n) is 16.1. The van der Waals surface area contributed by atoms with Gasteiger partial charge in [-0.2, -0.15) is 39.5 Å². The minimum absolute atomic E-state index is 0.00743. The van der Waals surface area contributed by atoms with Crippen LogP contribution in [-0.4, -0.2) is 38.3 Å². The van der Waals surface area contributed by atoms with Gasteiger partial charge in [-0.25, -0.2) is 32.6 Å². The van der Waals surface area contributed by atoms with Gasteiger partial charge in [-0.15, -0.1) is 0 Å². The van der Waals surface area contributed by atoms with Crippen molar-refractivity contribution in [3.63, 3.8) is 0 Å². The van der Waals surface area contributed by atoms with Gasteiger partial charge in [0.25, 0.3) is 0 Å². The van der Waals surface area contributed by atoms with Crippen molar-refractivity contribution in [2.75, 3.05) is 19.8 Å². The van der Waals surface area contributed by atoms with Crippen molar-refractivity contribution < 1.29 is 53.7 Å². The largest absolute Gasteiger partial charge is 0.493 e. The standard InChI is InChI=1S/C33H33F9N6O3/c34-31(35,36)28(43-44-28)22-1-7-25(8-2-22)49-16-19-13-20(17-50-26-9-3-23(4-10-26)29(45-46-29)32(37,38)39)15-21(14-19)18-51-27-11-5-24(6-12-27)30(47-48-30)33(40,41)42/h1-12,19-21,43-48H,13-18H2. The number of nitrogens with one attached hydrogen (secondary N) is 6. The Morgan fingerprint density at radius 1 is 0.412 bits per heavy atom. The Kier molecular flexibility index (Phi) is 8.86. The summed E-state index contributed by atoms with van der Waals surface area (Å²) in [6.45, 7) is 0.737. The number of alkyl halides is 9. The molecular weight excluding hydrogens is 699 g/mol. The zero-order valence-corrected chi connectivity index (χ0v) is 26.5. The van der Waals surface area contributed by atoms with Crippen molar-refractivity contribution in [1.29, 1.82) is 0 Å². The first-order valence-corrected chi connectivity index (χ1v) is 16.1. The first-order chi connectivity index (χ1) is 24.0. The maximum atomic E-state index is 13.4. The summed E-state index contributed by atoms with van der Waals surface area (Å²) in [6.07, 6.45) is -11.6. The van der Waals surface area contributed by atoms with Gasteiger partial charge in [0.2, 0.25) is 17.0 Å². The molecule has 0 spiro atoms. The van der Waals surface area contributed by atoms with E-state index < -0.39 is 35.5 Å². The SMILES string of the molecule is FC(F)(F)C1(c2ccc(OCC3CC(COc4ccc(C5(C(F)(F)F)NN5)cc4)CC(COc4ccc(C5(C(F)(F)F)NN5)cc4)C3)cc2)NN1. The summed E-state index contributed by atoms with van der Waals surface area (Å²) < 4.78 is 139. The van der Waals surface area contributed by atoms with Crippen molar-refractivity contribution in [3.8, 4) is 17.2 Å². The van der Waals surface area contributed by atoms with Gasteiger partial charge in [-0.05, 0) is 90.1 Å². The normalized spacial score (nSPS) is 24.8. The van der Waals surface area contributed by atoms with E-state index >= 15 is 0 Å². The number of hydrogen-bond acceptors (Lipinski definition) is 9. The van der Waals surface area contributed by atoms with Crippen LogP contribution >= 0.6 is 0 Å². The van der Waals surface area contributed by atoms with Crippen molar-refractivity contribution in [2.45, 2.75) is 54.8 Å². The summed E-state index contributed by atoms with van der Waals surface area (Å²) >= 11 is 0. The van der Waals surface area contributed by atoms with E-state index in [9.17, 15) is 39.5 Å². The van der Waals surface area contributed by atoms with Gasteiger partial charge in [0, 0.05) is 0 Å². The van der Waals surface area contributed by atoms with Crippen LogP contribution < -0.4 is 46.8 Å². The summed E-state index contributed by atoms with van der Waals surface area (Å²) in [7, 11) is 0.